The van der Waals surface area contributed by atoms with E-state index in [1.807, 2.05) is 13.8 Å². The molecule has 17 heavy (non-hydrogen) atoms. The van der Waals surface area contributed by atoms with Gasteiger partial charge >= 0.3 is 0 Å². The molecule has 5 heteroatoms. The highest BCUT2D eigenvalue weighted by Crippen LogP contribution is 2.19. The van der Waals surface area contributed by atoms with Gasteiger partial charge in [-0.3, -0.25) is 4.79 Å². The highest BCUT2D eigenvalue weighted by molar-refractivity contribution is 5.77. The first-order valence-corrected chi connectivity index (χ1v) is 5.15. The van der Waals surface area contributed by atoms with E-state index in [2.05, 4.69) is 5.32 Å². The molecule has 0 atom stereocenters. The topological polar surface area (TPSA) is 62.1 Å². The fourth-order valence-electron chi connectivity index (χ4n) is 1.24. The molecule has 0 saturated carbocycles. The van der Waals surface area contributed by atoms with E-state index in [0.717, 1.165) is 0 Å². The highest BCUT2D eigenvalue weighted by Gasteiger charge is 2.10. The molecule has 0 aromatic heterocycles. The van der Waals surface area contributed by atoms with Gasteiger partial charge in [-0.15, -0.1) is 0 Å². The van der Waals surface area contributed by atoms with Gasteiger partial charge in [0.2, 0.25) is 0 Å². The summed E-state index contributed by atoms with van der Waals surface area (Å²) < 4.78 is 18.3. The minimum atomic E-state index is -0.658. The fraction of sp³-hybridized carbons (Fsp3) is 0.333. The summed E-state index contributed by atoms with van der Waals surface area (Å²) in [4.78, 5) is 11.3. The number of benzene rings is 1. The lowest BCUT2D eigenvalue weighted by atomic mass is 10.2. The van der Waals surface area contributed by atoms with Crippen molar-refractivity contribution >= 4 is 5.91 Å². The number of nitriles is 1. The summed E-state index contributed by atoms with van der Waals surface area (Å²) in [7, 11) is 0. The molecule has 0 saturated heterocycles. The normalized spacial score (nSPS) is 9.82. The van der Waals surface area contributed by atoms with Crippen LogP contribution in [0.2, 0.25) is 0 Å². The SMILES string of the molecule is CC(C)NC(=O)COc1cccc(F)c1C#N. The zero-order valence-electron chi connectivity index (χ0n) is 9.66. The molecule has 0 radical (unpaired) electrons. The summed E-state index contributed by atoms with van der Waals surface area (Å²) in [5.41, 5.74) is -0.190. The molecule has 1 rings (SSSR count). The Kier molecular flexibility index (Phi) is 4.46. The van der Waals surface area contributed by atoms with Crippen LogP contribution in [-0.2, 0) is 4.79 Å². The Balaban J connectivity index is 2.67. The highest BCUT2D eigenvalue weighted by atomic mass is 19.1. The second-order valence-corrected chi connectivity index (χ2v) is 3.74. The number of rotatable bonds is 4. The lowest BCUT2D eigenvalue weighted by molar-refractivity contribution is -0.123. The molecule has 1 amide bonds. The molecule has 0 heterocycles. The van der Waals surface area contributed by atoms with Gasteiger partial charge in [0.05, 0.1) is 0 Å². The maximum Gasteiger partial charge on any atom is 0.258 e. The predicted octanol–water partition coefficient (Wildman–Crippen LogP) is 1.60. The molecule has 0 fully saturated rings. The van der Waals surface area contributed by atoms with E-state index >= 15 is 0 Å². The number of carbonyl (C=O) groups is 1. The summed E-state index contributed by atoms with van der Waals surface area (Å²) >= 11 is 0. The van der Waals surface area contributed by atoms with Gasteiger partial charge < -0.3 is 10.1 Å². The molecule has 4 nitrogen and oxygen atoms in total. The third-order valence-electron chi connectivity index (χ3n) is 1.90. The minimum Gasteiger partial charge on any atom is -0.482 e. The predicted molar refractivity (Wildman–Crippen MR) is 59.9 cm³/mol. The summed E-state index contributed by atoms with van der Waals surface area (Å²) in [5.74, 6) is -0.895. The van der Waals surface area contributed by atoms with Crippen molar-refractivity contribution < 1.29 is 13.9 Å². The van der Waals surface area contributed by atoms with Crippen LogP contribution in [0.1, 0.15) is 19.4 Å². The number of amides is 1. The molecule has 0 bridgehead atoms. The first-order chi connectivity index (χ1) is 8.04. The average Bonchev–Trinajstić information content (AvgIpc) is 2.25. The van der Waals surface area contributed by atoms with Crippen LogP contribution < -0.4 is 10.1 Å². The van der Waals surface area contributed by atoms with Gasteiger partial charge in [-0.2, -0.15) is 5.26 Å². The van der Waals surface area contributed by atoms with Gasteiger partial charge in [0.25, 0.3) is 5.91 Å². The van der Waals surface area contributed by atoms with Gasteiger partial charge in [0, 0.05) is 6.04 Å². The molecule has 0 aliphatic rings. The maximum absolute atomic E-state index is 13.2. The molecule has 1 aromatic rings. The molecule has 0 unspecified atom stereocenters. The molecule has 0 spiro atoms. The molecule has 0 aliphatic heterocycles. The number of nitrogens with one attached hydrogen (secondary N) is 1. The van der Waals surface area contributed by atoms with E-state index in [9.17, 15) is 9.18 Å². The first-order valence-electron chi connectivity index (χ1n) is 5.15. The molecule has 1 N–H and O–H groups in total. The standard InChI is InChI=1S/C12H13FN2O2/c1-8(2)15-12(16)7-17-11-5-3-4-10(13)9(11)6-14/h3-5,8H,7H2,1-2H3,(H,15,16). The van der Waals surface area contributed by atoms with E-state index in [1.165, 1.54) is 18.2 Å². The van der Waals surface area contributed by atoms with E-state index < -0.39 is 5.82 Å². The number of hydrogen-bond acceptors (Lipinski definition) is 3. The quantitative estimate of drug-likeness (QED) is 0.863. The molecule has 1 aromatic carbocycles. The Morgan fingerprint density at radius 2 is 2.29 bits per heavy atom. The van der Waals surface area contributed by atoms with Crippen LogP contribution in [0.3, 0.4) is 0 Å². The van der Waals surface area contributed by atoms with Gasteiger partial charge in [-0.1, -0.05) is 6.07 Å². The Hall–Kier alpha value is -2.09. The van der Waals surface area contributed by atoms with Gasteiger partial charge in [-0.05, 0) is 26.0 Å². The smallest absolute Gasteiger partial charge is 0.258 e. The van der Waals surface area contributed by atoms with Crippen LogP contribution >= 0.6 is 0 Å². The third-order valence-corrected chi connectivity index (χ3v) is 1.90. The zero-order chi connectivity index (χ0) is 12.8. The van der Waals surface area contributed by atoms with E-state index in [1.54, 1.807) is 6.07 Å². The van der Waals surface area contributed by atoms with Gasteiger partial charge in [-0.25, -0.2) is 4.39 Å². The first kappa shape index (κ1) is 13.0. The summed E-state index contributed by atoms with van der Waals surface area (Å²) in [6.45, 7) is 3.40. The van der Waals surface area contributed by atoms with Crippen LogP contribution in [0, 0.1) is 17.1 Å². The molecular formula is C12H13FN2O2. The number of nitrogens with zero attached hydrogens (tertiary/aromatic N) is 1. The Morgan fingerprint density at radius 1 is 1.59 bits per heavy atom. The lowest BCUT2D eigenvalue weighted by Gasteiger charge is -2.10. The van der Waals surface area contributed by atoms with Crippen molar-refractivity contribution in [2.75, 3.05) is 6.61 Å². The number of carbonyl (C=O) groups excluding carboxylic acids is 1. The summed E-state index contributed by atoms with van der Waals surface area (Å²) in [6.07, 6.45) is 0. The largest absolute Gasteiger partial charge is 0.482 e. The van der Waals surface area contributed by atoms with Gasteiger partial charge in [0.15, 0.2) is 6.61 Å². The van der Waals surface area contributed by atoms with Crippen LogP contribution in [0.15, 0.2) is 18.2 Å². The molecule has 90 valence electrons. The third kappa shape index (κ3) is 3.76. The van der Waals surface area contributed by atoms with E-state index in [4.69, 9.17) is 10.00 Å². The second-order valence-electron chi connectivity index (χ2n) is 3.74. The van der Waals surface area contributed by atoms with E-state index in [0.29, 0.717) is 0 Å². The van der Waals surface area contributed by atoms with Crippen LogP contribution in [0.5, 0.6) is 5.75 Å². The lowest BCUT2D eigenvalue weighted by Crippen LogP contribution is -2.34. The molecular weight excluding hydrogens is 223 g/mol. The van der Waals surface area contributed by atoms with Crippen molar-refractivity contribution in [3.63, 3.8) is 0 Å². The van der Waals surface area contributed by atoms with Crippen molar-refractivity contribution in [3.8, 4) is 11.8 Å². The monoisotopic (exact) mass is 236 g/mol. The van der Waals surface area contributed by atoms with Crippen LogP contribution in [0.25, 0.3) is 0 Å². The van der Waals surface area contributed by atoms with Crippen molar-refractivity contribution in [2.45, 2.75) is 19.9 Å². The van der Waals surface area contributed by atoms with Crippen molar-refractivity contribution in [2.24, 2.45) is 0 Å². The number of halogens is 1. The minimum absolute atomic E-state index is 0.00838. The average molecular weight is 236 g/mol. The Morgan fingerprint density at radius 3 is 2.88 bits per heavy atom. The van der Waals surface area contributed by atoms with E-state index in [-0.39, 0.29) is 29.9 Å². The van der Waals surface area contributed by atoms with Crippen LogP contribution in [-0.4, -0.2) is 18.6 Å². The number of ether oxygens (including phenoxy) is 1. The van der Waals surface area contributed by atoms with Crippen LogP contribution in [0.4, 0.5) is 4.39 Å². The summed E-state index contributed by atoms with van der Waals surface area (Å²) in [6, 6.07) is 5.74. The second kappa shape index (κ2) is 5.85. The Labute approximate surface area is 99.0 Å². The maximum atomic E-state index is 13.2. The van der Waals surface area contributed by atoms with Crippen molar-refractivity contribution in [1.82, 2.24) is 5.32 Å². The zero-order valence-corrected chi connectivity index (χ0v) is 9.66. The van der Waals surface area contributed by atoms with Crippen molar-refractivity contribution in [1.29, 1.82) is 5.26 Å². The van der Waals surface area contributed by atoms with Gasteiger partial charge in [0.1, 0.15) is 23.2 Å². The molecule has 0 aliphatic carbocycles. The fourth-order valence-corrected chi connectivity index (χ4v) is 1.24. The number of hydrogen-bond donors (Lipinski definition) is 1. The van der Waals surface area contributed by atoms with Crippen molar-refractivity contribution in [3.05, 3.63) is 29.6 Å². The summed E-state index contributed by atoms with van der Waals surface area (Å²) in [5, 5.41) is 11.4. The Bertz CT molecular complexity index is 452.